The zero-order valence-electron chi connectivity index (χ0n) is 14.4. The molecule has 0 aliphatic carbocycles. The Hall–Kier alpha value is -2.19. The molecule has 2 aliphatic heterocycles. The van der Waals surface area contributed by atoms with Gasteiger partial charge in [-0.15, -0.1) is 0 Å². The summed E-state index contributed by atoms with van der Waals surface area (Å²) < 4.78 is 0. The van der Waals surface area contributed by atoms with Crippen LogP contribution in [0.3, 0.4) is 0 Å². The second kappa shape index (κ2) is 5.96. The van der Waals surface area contributed by atoms with Gasteiger partial charge in [-0.2, -0.15) is 0 Å². The summed E-state index contributed by atoms with van der Waals surface area (Å²) in [5.41, 5.74) is 0.943. The second-order valence-corrected chi connectivity index (χ2v) is 7.72. The third-order valence-corrected chi connectivity index (χ3v) is 6.10. The lowest BCUT2D eigenvalue weighted by Gasteiger charge is -2.40. The van der Waals surface area contributed by atoms with E-state index in [0.29, 0.717) is 17.9 Å². The Kier molecular flexibility index (Phi) is 3.60. The molecular weight excluding hydrogens is 306 g/mol. The smallest absolute Gasteiger partial charge is 0.167 e. The minimum Gasteiger partial charge on any atom is -0.311 e. The van der Waals surface area contributed by atoms with E-state index in [1.54, 1.807) is 0 Å². The fraction of sp³-hybridized carbons (Fsp3) is 0.348. The van der Waals surface area contributed by atoms with Crippen LogP contribution in [0, 0.1) is 5.92 Å². The van der Waals surface area contributed by atoms with Crippen molar-refractivity contribution in [3.63, 3.8) is 0 Å². The van der Waals surface area contributed by atoms with Gasteiger partial charge in [-0.1, -0.05) is 55.0 Å². The van der Waals surface area contributed by atoms with Gasteiger partial charge in [0.2, 0.25) is 0 Å². The molecule has 2 heteroatoms. The number of benzene rings is 3. The average Bonchev–Trinajstić information content (AvgIpc) is 2.65. The van der Waals surface area contributed by atoms with Crippen LogP contribution in [0.4, 0.5) is 0 Å². The first-order chi connectivity index (χ1) is 12.3. The standard InChI is InChI=1S/C23H23NO/c25-23(17-13-18-8-5-9-19(14-17)24-18)22-20-10-3-1-6-15(20)12-16-7-2-4-11-21(16)22/h1-4,6-7,10-12,17-19,24H,5,8-9,13-14H2. The maximum Gasteiger partial charge on any atom is 0.167 e. The van der Waals surface area contributed by atoms with Crippen molar-refractivity contribution in [2.24, 2.45) is 5.92 Å². The second-order valence-electron chi connectivity index (χ2n) is 7.72. The molecule has 2 aliphatic rings. The van der Waals surface area contributed by atoms with Gasteiger partial charge in [0, 0.05) is 23.6 Å². The highest BCUT2D eigenvalue weighted by atomic mass is 16.1. The molecule has 2 saturated heterocycles. The summed E-state index contributed by atoms with van der Waals surface area (Å²) in [6.07, 6.45) is 5.73. The Bertz CT molecular complexity index is 895. The molecule has 2 atom stereocenters. The summed E-state index contributed by atoms with van der Waals surface area (Å²) in [5.74, 6) is 0.511. The Labute approximate surface area is 148 Å². The number of carbonyl (C=O) groups excluding carboxylic acids is 1. The first-order valence-electron chi connectivity index (χ1n) is 9.50. The highest BCUT2D eigenvalue weighted by Crippen LogP contribution is 2.36. The summed E-state index contributed by atoms with van der Waals surface area (Å²) in [7, 11) is 0. The van der Waals surface area contributed by atoms with Crippen molar-refractivity contribution in [3.05, 3.63) is 60.2 Å². The molecular formula is C23H23NO. The van der Waals surface area contributed by atoms with E-state index in [0.717, 1.165) is 29.2 Å². The van der Waals surface area contributed by atoms with Crippen LogP contribution in [-0.2, 0) is 0 Å². The van der Waals surface area contributed by atoms with Crippen LogP contribution < -0.4 is 5.32 Å². The van der Waals surface area contributed by atoms with Crippen LogP contribution >= 0.6 is 0 Å². The first kappa shape index (κ1) is 15.1. The molecule has 1 N–H and O–H groups in total. The Balaban J connectivity index is 1.66. The predicted molar refractivity (Wildman–Crippen MR) is 103 cm³/mol. The number of ketones is 1. The quantitative estimate of drug-likeness (QED) is 0.524. The molecule has 2 heterocycles. The van der Waals surface area contributed by atoms with Gasteiger partial charge in [0.1, 0.15) is 0 Å². The van der Waals surface area contributed by atoms with Gasteiger partial charge in [0.15, 0.2) is 5.78 Å². The summed E-state index contributed by atoms with van der Waals surface area (Å²) in [4.78, 5) is 13.6. The molecule has 0 saturated carbocycles. The highest BCUT2D eigenvalue weighted by Gasteiger charge is 2.35. The van der Waals surface area contributed by atoms with Gasteiger partial charge in [0.05, 0.1) is 0 Å². The van der Waals surface area contributed by atoms with Crippen LogP contribution in [0.1, 0.15) is 42.5 Å². The Morgan fingerprint density at radius 3 is 2.00 bits per heavy atom. The lowest BCUT2D eigenvalue weighted by Crippen LogP contribution is -2.50. The molecule has 0 aromatic heterocycles. The molecule has 5 rings (SSSR count). The van der Waals surface area contributed by atoms with E-state index in [1.165, 1.54) is 30.0 Å². The van der Waals surface area contributed by atoms with Gasteiger partial charge in [-0.05, 0) is 53.3 Å². The SMILES string of the molecule is O=C(c1c2ccccc2cc2ccccc12)C1CC2CCCC(C1)N2. The molecule has 126 valence electrons. The number of nitrogens with one attached hydrogen (secondary N) is 1. The molecule has 0 spiro atoms. The third kappa shape index (κ3) is 2.56. The van der Waals surface area contributed by atoms with Gasteiger partial charge in [0.25, 0.3) is 0 Å². The van der Waals surface area contributed by atoms with Crippen molar-refractivity contribution in [3.8, 4) is 0 Å². The number of carbonyl (C=O) groups is 1. The number of piperidine rings is 2. The summed E-state index contributed by atoms with van der Waals surface area (Å²) in [5, 5.41) is 8.25. The van der Waals surface area contributed by atoms with E-state index in [4.69, 9.17) is 0 Å². The van der Waals surface area contributed by atoms with E-state index < -0.39 is 0 Å². The zero-order chi connectivity index (χ0) is 16.8. The van der Waals surface area contributed by atoms with E-state index >= 15 is 0 Å². The molecule has 3 aromatic rings. The van der Waals surface area contributed by atoms with Crippen molar-refractivity contribution in [1.82, 2.24) is 5.32 Å². The van der Waals surface area contributed by atoms with Gasteiger partial charge in [-0.25, -0.2) is 0 Å². The molecule has 2 unspecified atom stereocenters. The third-order valence-electron chi connectivity index (χ3n) is 6.10. The molecule has 0 amide bonds. The molecule has 2 bridgehead atoms. The van der Waals surface area contributed by atoms with Gasteiger partial charge < -0.3 is 5.32 Å². The monoisotopic (exact) mass is 329 g/mol. The lowest BCUT2D eigenvalue weighted by atomic mass is 9.76. The van der Waals surface area contributed by atoms with E-state index in [1.807, 2.05) is 12.1 Å². The maximum absolute atomic E-state index is 13.6. The Morgan fingerprint density at radius 2 is 1.40 bits per heavy atom. The highest BCUT2D eigenvalue weighted by molar-refractivity contribution is 6.19. The fourth-order valence-electron chi connectivity index (χ4n) is 4.96. The minimum atomic E-state index is 0.158. The molecule has 2 fully saturated rings. The number of fused-ring (bicyclic) bond motifs is 4. The predicted octanol–water partition coefficient (Wildman–Crippen LogP) is 5.10. The number of hydrogen-bond acceptors (Lipinski definition) is 2. The minimum absolute atomic E-state index is 0.158. The normalized spacial score (nSPS) is 26.0. The number of rotatable bonds is 2. The summed E-state index contributed by atoms with van der Waals surface area (Å²) in [6.45, 7) is 0. The van der Waals surface area contributed by atoms with Crippen molar-refractivity contribution < 1.29 is 4.79 Å². The zero-order valence-corrected chi connectivity index (χ0v) is 14.4. The molecule has 2 nitrogen and oxygen atoms in total. The van der Waals surface area contributed by atoms with Gasteiger partial charge in [-0.3, -0.25) is 4.79 Å². The van der Waals surface area contributed by atoms with Crippen LogP contribution in [0.15, 0.2) is 54.6 Å². The first-order valence-corrected chi connectivity index (χ1v) is 9.50. The Morgan fingerprint density at radius 1 is 0.840 bits per heavy atom. The lowest BCUT2D eigenvalue weighted by molar-refractivity contribution is 0.0828. The van der Waals surface area contributed by atoms with E-state index in [9.17, 15) is 4.79 Å². The average molecular weight is 329 g/mol. The van der Waals surface area contributed by atoms with Crippen LogP contribution in [-0.4, -0.2) is 17.9 Å². The number of hydrogen-bond donors (Lipinski definition) is 1. The summed E-state index contributed by atoms with van der Waals surface area (Å²) >= 11 is 0. The van der Waals surface area contributed by atoms with Gasteiger partial charge >= 0.3 is 0 Å². The van der Waals surface area contributed by atoms with Crippen molar-refractivity contribution in [2.45, 2.75) is 44.2 Å². The number of Topliss-reactive ketones (excluding diaryl/α,β-unsaturated/α-hetero) is 1. The van der Waals surface area contributed by atoms with Crippen molar-refractivity contribution in [1.29, 1.82) is 0 Å². The molecule has 25 heavy (non-hydrogen) atoms. The topological polar surface area (TPSA) is 29.1 Å². The summed E-state index contributed by atoms with van der Waals surface area (Å²) in [6, 6.07) is 19.9. The molecule has 3 aromatic carbocycles. The van der Waals surface area contributed by atoms with Crippen LogP contribution in [0.5, 0.6) is 0 Å². The van der Waals surface area contributed by atoms with Crippen molar-refractivity contribution >= 4 is 27.3 Å². The van der Waals surface area contributed by atoms with E-state index in [-0.39, 0.29) is 5.92 Å². The molecule has 0 radical (unpaired) electrons. The fourth-order valence-corrected chi connectivity index (χ4v) is 4.96. The maximum atomic E-state index is 13.6. The van der Waals surface area contributed by atoms with Crippen LogP contribution in [0.25, 0.3) is 21.5 Å². The van der Waals surface area contributed by atoms with E-state index in [2.05, 4.69) is 47.8 Å². The van der Waals surface area contributed by atoms with Crippen molar-refractivity contribution in [2.75, 3.05) is 0 Å². The van der Waals surface area contributed by atoms with Crippen LogP contribution in [0.2, 0.25) is 0 Å². The largest absolute Gasteiger partial charge is 0.311 e.